The zero-order valence-electron chi connectivity index (χ0n) is 18.0. The van der Waals surface area contributed by atoms with Gasteiger partial charge in [-0.1, -0.05) is 35.9 Å². The Hall–Kier alpha value is -3.38. The van der Waals surface area contributed by atoms with Gasteiger partial charge in [0.05, 0.1) is 5.02 Å². The van der Waals surface area contributed by atoms with Gasteiger partial charge >= 0.3 is 6.01 Å². The summed E-state index contributed by atoms with van der Waals surface area (Å²) >= 11 is 7.65. The van der Waals surface area contributed by atoms with E-state index in [1.165, 1.54) is 16.8 Å². The van der Waals surface area contributed by atoms with Crippen molar-refractivity contribution >= 4 is 57.7 Å². The van der Waals surface area contributed by atoms with Crippen LogP contribution in [0.4, 0.5) is 11.1 Å². The lowest BCUT2D eigenvalue weighted by molar-refractivity contribution is -0.118. The fourth-order valence-electron chi connectivity index (χ4n) is 3.86. The molecule has 5 rings (SSSR count). The van der Waals surface area contributed by atoms with E-state index in [4.69, 9.17) is 16.0 Å². The molecule has 3 unspecified atom stereocenters. The first-order chi connectivity index (χ1) is 15.9. The van der Waals surface area contributed by atoms with E-state index in [0.717, 1.165) is 17.9 Å². The molecular formula is C20H20ClN9O2S. The number of aliphatic imine (C=N–C) groups is 2. The third kappa shape index (κ3) is 4.18. The van der Waals surface area contributed by atoms with Gasteiger partial charge in [-0.25, -0.2) is 9.98 Å². The van der Waals surface area contributed by atoms with E-state index in [9.17, 15) is 4.79 Å². The maximum atomic E-state index is 13.2. The molecule has 11 nitrogen and oxygen atoms in total. The molecule has 0 spiro atoms. The summed E-state index contributed by atoms with van der Waals surface area (Å²) in [7, 11) is 1.75. The number of allylic oxidation sites excluding steroid dienone is 1. The van der Waals surface area contributed by atoms with Gasteiger partial charge in [0.2, 0.25) is 17.0 Å². The smallest absolute Gasteiger partial charge is 0.302 e. The summed E-state index contributed by atoms with van der Waals surface area (Å²) in [4.78, 5) is 26.8. The summed E-state index contributed by atoms with van der Waals surface area (Å²) in [6.07, 6.45) is 6.56. The lowest BCUT2D eigenvalue weighted by Crippen LogP contribution is -2.37. The van der Waals surface area contributed by atoms with E-state index in [0.29, 0.717) is 21.6 Å². The molecule has 3 aromatic rings. The van der Waals surface area contributed by atoms with Crippen LogP contribution in [0.1, 0.15) is 49.4 Å². The highest BCUT2D eigenvalue weighted by molar-refractivity contribution is 7.13. The highest BCUT2D eigenvalue weighted by Crippen LogP contribution is 2.36. The van der Waals surface area contributed by atoms with Gasteiger partial charge in [-0.05, 0) is 19.4 Å². The van der Waals surface area contributed by atoms with Gasteiger partial charge in [0.15, 0.2) is 0 Å². The molecule has 2 N–H and O–H groups in total. The van der Waals surface area contributed by atoms with Crippen LogP contribution in [0.2, 0.25) is 5.02 Å². The van der Waals surface area contributed by atoms with Crippen molar-refractivity contribution in [2.75, 3.05) is 10.6 Å². The molecule has 1 aliphatic heterocycles. The number of nitrogens with zero attached hydrogens (tertiary/aromatic N) is 7. The van der Waals surface area contributed by atoms with E-state index in [1.807, 2.05) is 6.08 Å². The average Bonchev–Trinajstić information content (AvgIpc) is 3.48. The first-order valence-corrected chi connectivity index (χ1v) is 11.5. The lowest BCUT2D eigenvalue weighted by Gasteiger charge is -2.26. The zero-order chi connectivity index (χ0) is 23.1. The Labute approximate surface area is 197 Å². The summed E-state index contributed by atoms with van der Waals surface area (Å²) < 4.78 is 7.49. The molecule has 3 aromatic heterocycles. The first kappa shape index (κ1) is 21.5. The minimum atomic E-state index is -0.743. The van der Waals surface area contributed by atoms with Crippen LogP contribution in [-0.2, 0) is 11.8 Å². The summed E-state index contributed by atoms with van der Waals surface area (Å²) in [5.41, 5.74) is 3.32. The second kappa shape index (κ2) is 8.52. The Morgan fingerprint density at radius 3 is 2.94 bits per heavy atom. The maximum absolute atomic E-state index is 13.2. The molecule has 0 fully saturated rings. The summed E-state index contributed by atoms with van der Waals surface area (Å²) in [5, 5.41) is 18.7. The average molecular weight is 486 g/mol. The van der Waals surface area contributed by atoms with Gasteiger partial charge in [-0.3, -0.25) is 20.1 Å². The fraction of sp³-hybridized carbons (Fsp3) is 0.350. The molecule has 1 aliphatic carbocycles. The molecule has 0 bridgehead atoms. The van der Waals surface area contributed by atoms with Crippen LogP contribution in [0.25, 0.3) is 6.08 Å². The van der Waals surface area contributed by atoms with Gasteiger partial charge < -0.3 is 4.42 Å². The van der Waals surface area contributed by atoms with Crippen molar-refractivity contribution in [2.45, 2.75) is 32.2 Å². The molecule has 1 amide bonds. The third-order valence-electron chi connectivity index (χ3n) is 5.39. The molecule has 2 aliphatic rings. The molecule has 0 saturated heterocycles. The van der Waals surface area contributed by atoms with Crippen LogP contribution in [0, 0.1) is 5.92 Å². The number of hydrogen-bond acceptors (Lipinski definition) is 10. The Kier molecular flexibility index (Phi) is 5.54. The number of halogens is 1. The molecule has 170 valence electrons. The van der Waals surface area contributed by atoms with E-state index in [-0.39, 0.29) is 23.8 Å². The van der Waals surface area contributed by atoms with Crippen molar-refractivity contribution in [3.05, 3.63) is 40.0 Å². The van der Waals surface area contributed by atoms with Crippen molar-refractivity contribution in [1.82, 2.24) is 25.0 Å². The Morgan fingerprint density at radius 2 is 2.24 bits per heavy atom. The van der Waals surface area contributed by atoms with Crippen molar-refractivity contribution < 1.29 is 9.21 Å². The highest BCUT2D eigenvalue weighted by atomic mass is 35.5. The van der Waals surface area contributed by atoms with Crippen LogP contribution in [0.15, 0.2) is 32.2 Å². The van der Waals surface area contributed by atoms with Crippen molar-refractivity contribution in [3.8, 4) is 0 Å². The van der Waals surface area contributed by atoms with Gasteiger partial charge in [-0.15, -0.1) is 10.2 Å². The topological polar surface area (TPSA) is 135 Å². The predicted octanol–water partition coefficient (Wildman–Crippen LogP) is 3.67. The van der Waals surface area contributed by atoms with Gasteiger partial charge in [0.1, 0.15) is 34.6 Å². The van der Waals surface area contributed by atoms with Crippen LogP contribution >= 0.6 is 22.9 Å². The number of nitrogens with one attached hydrogen (secondary N) is 2. The summed E-state index contributed by atoms with van der Waals surface area (Å²) in [6, 6.07) is -0.425. The van der Waals surface area contributed by atoms with E-state index in [1.54, 1.807) is 24.9 Å². The fourth-order valence-corrected chi connectivity index (χ4v) is 4.60. The quantitative estimate of drug-likeness (QED) is 0.575. The largest absolute Gasteiger partial charge is 0.428 e. The van der Waals surface area contributed by atoms with Crippen LogP contribution in [0.5, 0.6) is 0 Å². The van der Waals surface area contributed by atoms with Crippen molar-refractivity contribution in [3.63, 3.8) is 0 Å². The Morgan fingerprint density at radius 1 is 1.39 bits per heavy atom. The number of amides is 1. The number of fused-ring (bicyclic) bond motifs is 1. The van der Waals surface area contributed by atoms with Crippen LogP contribution < -0.4 is 10.6 Å². The molecule has 0 saturated carbocycles. The molecular weight excluding hydrogens is 466 g/mol. The molecule has 33 heavy (non-hydrogen) atoms. The number of carbonyl (C=O) groups is 1. The summed E-state index contributed by atoms with van der Waals surface area (Å²) in [6.45, 7) is 3.84. The van der Waals surface area contributed by atoms with E-state index < -0.39 is 12.0 Å². The molecule has 13 heteroatoms. The summed E-state index contributed by atoms with van der Waals surface area (Å²) in [5.74, 6) is 0.242. The number of oxazole rings is 1. The highest BCUT2D eigenvalue weighted by Gasteiger charge is 2.38. The SMILES string of the molecule is CC1=NC(Nc2nc3c(o2)C(C)CC=C3)=NC(c2nn(C)cc2Cl)C1C(=O)Nc1nncs1. The number of guanidine groups is 1. The monoisotopic (exact) mass is 485 g/mol. The standard InChI is InChI=1S/C20H20ClN9O2S/c1-9-5-4-6-12-16(9)32-19(24-12)27-18-23-10(2)13(17(31)26-20-28-22-8-33-20)15(25-18)14-11(21)7-30(3)29-14/h4,6-9,13,15H,5H2,1-3H3,(H,24,25,27)(H,26,28,31). The second-order valence-corrected chi connectivity index (χ2v) is 9.07. The number of aryl methyl sites for hydroxylation is 1. The van der Waals surface area contributed by atoms with E-state index in [2.05, 4.69) is 53.9 Å². The minimum absolute atomic E-state index is 0.236. The predicted molar refractivity (Wildman–Crippen MR) is 126 cm³/mol. The number of anilines is 2. The number of carbonyl (C=O) groups excluding carboxylic acids is 1. The first-order valence-electron chi connectivity index (χ1n) is 10.2. The second-order valence-electron chi connectivity index (χ2n) is 7.83. The van der Waals surface area contributed by atoms with Crippen LogP contribution in [0.3, 0.4) is 0 Å². The van der Waals surface area contributed by atoms with Gasteiger partial charge in [-0.2, -0.15) is 10.1 Å². The number of rotatable bonds is 4. The van der Waals surface area contributed by atoms with Crippen LogP contribution in [-0.4, -0.2) is 42.5 Å². The number of aromatic nitrogens is 5. The minimum Gasteiger partial charge on any atom is -0.428 e. The van der Waals surface area contributed by atoms with Gasteiger partial charge in [0, 0.05) is 24.9 Å². The van der Waals surface area contributed by atoms with Crippen molar-refractivity contribution in [2.24, 2.45) is 23.0 Å². The normalized spacial score (nSPS) is 21.9. The Balaban J connectivity index is 1.48. The molecule has 3 atom stereocenters. The van der Waals surface area contributed by atoms with Gasteiger partial charge in [0.25, 0.3) is 0 Å². The zero-order valence-corrected chi connectivity index (χ0v) is 19.6. The molecule has 4 heterocycles. The lowest BCUT2D eigenvalue weighted by atomic mass is 9.91. The van der Waals surface area contributed by atoms with E-state index >= 15 is 0 Å². The molecule has 0 aromatic carbocycles. The Bertz CT molecular complexity index is 1290. The van der Waals surface area contributed by atoms with Crippen molar-refractivity contribution in [1.29, 1.82) is 0 Å². The number of hydrogen-bond donors (Lipinski definition) is 2. The maximum Gasteiger partial charge on any atom is 0.302 e. The molecule has 0 radical (unpaired) electrons. The third-order valence-corrected chi connectivity index (χ3v) is 6.28.